The van der Waals surface area contributed by atoms with E-state index in [1.54, 1.807) is 0 Å². The number of rotatable bonds is 7. The van der Waals surface area contributed by atoms with Gasteiger partial charge in [-0.3, -0.25) is 0 Å². The zero-order valence-electron chi connectivity index (χ0n) is 48.7. The lowest BCUT2D eigenvalue weighted by molar-refractivity contribution is 0.590. The molecule has 15 rings (SSSR count). The SMILES string of the molecule is CC(C)(C)c1ccc(N(c2ccc(-c3ccccc3)cc2)c2cc3c(c4c2oc2ccccc24)-c2c(cc(N(c4ccc(C(C)(C)C)cc4)c4ccc(C(C)(C)C)cc4)c4c2sc2ccccc24)C32c3ccccc3-c3ccccc32)cc1. The Kier molecular flexibility index (Phi) is 11.4. The van der Waals surface area contributed by atoms with Crippen LogP contribution >= 0.6 is 11.3 Å². The maximum absolute atomic E-state index is 7.48. The molecule has 0 bridgehead atoms. The molecular formula is C79H66N2OS. The van der Waals surface area contributed by atoms with Crippen molar-refractivity contribution in [3.05, 3.63) is 276 Å². The van der Waals surface area contributed by atoms with Gasteiger partial charge in [-0.15, -0.1) is 11.3 Å². The van der Waals surface area contributed by atoms with Crippen LogP contribution in [0.5, 0.6) is 0 Å². The van der Waals surface area contributed by atoms with E-state index < -0.39 is 5.41 Å². The zero-order chi connectivity index (χ0) is 56.7. The van der Waals surface area contributed by atoms with Crippen LogP contribution in [-0.4, -0.2) is 0 Å². The van der Waals surface area contributed by atoms with Gasteiger partial charge in [-0.2, -0.15) is 0 Å². The fraction of sp³-hybridized carbons (Fsp3) is 0.165. The average Bonchev–Trinajstić information content (AvgIpc) is 1.93. The zero-order valence-corrected chi connectivity index (χ0v) is 49.5. The van der Waals surface area contributed by atoms with Crippen LogP contribution < -0.4 is 9.80 Å². The molecule has 83 heavy (non-hydrogen) atoms. The van der Waals surface area contributed by atoms with Crippen molar-refractivity contribution in [1.82, 2.24) is 0 Å². The predicted octanol–water partition coefficient (Wildman–Crippen LogP) is 22.8. The van der Waals surface area contributed by atoms with Gasteiger partial charge in [0.1, 0.15) is 5.58 Å². The number of para-hydroxylation sites is 1. The van der Waals surface area contributed by atoms with Gasteiger partial charge in [-0.25, -0.2) is 0 Å². The summed E-state index contributed by atoms with van der Waals surface area (Å²) in [4.78, 5) is 5.01. The molecule has 1 spiro atoms. The van der Waals surface area contributed by atoms with Crippen LogP contribution in [0.4, 0.5) is 34.1 Å². The lowest BCUT2D eigenvalue weighted by Gasteiger charge is -2.34. The van der Waals surface area contributed by atoms with E-state index in [9.17, 15) is 0 Å². The fourth-order valence-electron chi connectivity index (χ4n) is 13.8. The molecule has 0 saturated heterocycles. The van der Waals surface area contributed by atoms with E-state index in [1.165, 1.54) is 92.5 Å². The van der Waals surface area contributed by atoms with Crippen molar-refractivity contribution in [3.63, 3.8) is 0 Å². The van der Waals surface area contributed by atoms with Crippen molar-refractivity contribution in [1.29, 1.82) is 0 Å². The van der Waals surface area contributed by atoms with Gasteiger partial charge in [-0.05, 0) is 150 Å². The van der Waals surface area contributed by atoms with Crippen LogP contribution in [0, 0.1) is 0 Å². The molecule has 0 unspecified atom stereocenters. The lowest BCUT2D eigenvalue weighted by Crippen LogP contribution is -2.26. The highest BCUT2D eigenvalue weighted by Gasteiger charge is 2.54. The van der Waals surface area contributed by atoms with E-state index in [0.29, 0.717) is 0 Å². The summed E-state index contributed by atoms with van der Waals surface area (Å²) in [7, 11) is 0. The molecule has 2 aliphatic carbocycles. The summed E-state index contributed by atoms with van der Waals surface area (Å²) < 4.78 is 10.0. The minimum absolute atomic E-state index is 0.0119. The standard InChI is InChI=1S/C79H66N2OS/c1-76(2,3)51-33-41-55(42-34-51)80(56-43-35-52(36-44-56)77(4,5)6)66-47-65-73(75-70(66)61-26-16-20-30-69(61)83-75)72-64(79(65)62-27-17-13-23-58(62)59-24-14-18-28-63(59)79)48-67(74-71(72)60-25-15-19-29-68(60)82-74)81(57-45-37-53(38-46-57)78(7,8)9)54-39-31-50(32-40-54)49-21-11-10-12-22-49/h10-48H,1-9H3. The largest absolute Gasteiger partial charge is 0.454 e. The number of furan rings is 1. The van der Waals surface area contributed by atoms with E-state index in [0.717, 1.165) is 56.1 Å². The summed E-state index contributed by atoms with van der Waals surface area (Å²) in [5.41, 5.74) is 23.8. The van der Waals surface area contributed by atoms with E-state index in [1.807, 2.05) is 11.3 Å². The number of benzene rings is 11. The molecule has 2 aliphatic rings. The molecule has 0 fully saturated rings. The summed E-state index contributed by atoms with van der Waals surface area (Å²) in [6, 6.07) is 89.2. The quantitative estimate of drug-likeness (QED) is 0.159. The van der Waals surface area contributed by atoms with E-state index in [2.05, 4.69) is 309 Å². The summed E-state index contributed by atoms with van der Waals surface area (Å²) in [5.74, 6) is 0. The van der Waals surface area contributed by atoms with E-state index >= 15 is 0 Å². The summed E-state index contributed by atoms with van der Waals surface area (Å²) in [6.45, 7) is 20.7. The minimum Gasteiger partial charge on any atom is -0.454 e. The molecule has 0 atom stereocenters. The molecule has 0 saturated carbocycles. The van der Waals surface area contributed by atoms with Crippen molar-refractivity contribution >= 4 is 87.6 Å². The third kappa shape index (κ3) is 7.83. The normalized spacial score (nSPS) is 13.5. The van der Waals surface area contributed by atoms with Crippen molar-refractivity contribution in [2.24, 2.45) is 0 Å². The molecule has 0 aliphatic heterocycles. The first-order chi connectivity index (χ1) is 40.1. The van der Waals surface area contributed by atoms with Crippen LogP contribution in [-0.2, 0) is 21.7 Å². The Bertz CT molecular complexity index is 4590. The first-order valence-electron chi connectivity index (χ1n) is 29.3. The Morgan fingerprint density at radius 3 is 1.33 bits per heavy atom. The number of fused-ring (bicyclic) bond motifs is 18. The summed E-state index contributed by atoms with van der Waals surface area (Å²) >= 11 is 1.92. The number of anilines is 6. The highest BCUT2D eigenvalue weighted by Crippen LogP contribution is 2.68. The van der Waals surface area contributed by atoms with Gasteiger partial charge < -0.3 is 14.2 Å². The molecule has 0 N–H and O–H groups in total. The molecule has 13 aromatic rings. The third-order valence-corrected chi connectivity index (χ3v) is 19.1. The van der Waals surface area contributed by atoms with E-state index in [4.69, 9.17) is 4.42 Å². The predicted molar refractivity (Wildman–Crippen MR) is 354 cm³/mol. The summed E-state index contributed by atoms with van der Waals surface area (Å²) in [5, 5.41) is 4.72. The van der Waals surface area contributed by atoms with Crippen LogP contribution in [0.15, 0.2) is 241 Å². The number of hydrogen-bond donors (Lipinski definition) is 0. The Morgan fingerprint density at radius 2 is 0.783 bits per heavy atom. The van der Waals surface area contributed by atoms with Crippen LogP contribution in [0.25, 0.3) is 75.5 Å². The lowest BCUT2D eigenvalue weighted by atomic mass is 9.70. The number of thiophene rings is 1. The highest BCUT2D eigenvalue weighted by molar-refractivity contribution is 7.26. The first-order valence-corrected chi connectivity index (χ1v) is 30.1. The second kappa shape index (κ2) is 18.5. The highest BCUT2D eigenvalue weighted by atomic mass is 32.1. The van der Waals surface area contributed by atoms with Crippen LogP contribution in [0.3, 0.4) is 0 Å². The second-order valence-corrected chi connectivity index (χ2v) is 27.1. The molecule has 0 radical (unpaired) electrons. The van der Waals surface area contributed by atoms with Gasteiger partial charge in [-0.1, -0.05) is 226 Å². The van der Waals surface area contributed by atoms with E-state index in [-0.39, 0.29) is 16.2 Å². The van der Waals surface area contributed by atoms with Crippen molar-refractivity contribution in [2.75, 3.05) is 9.80 Å². The van der Waals surface area contributed by atoms with Gasteiger partial charge >= 0.3 is 0 Å². The summed E-state index contributed by atoms with van der Waals surface area (Å²) in [6.07, 6.45) is 0. The number of nitrogens with zero attached hydrogens (tertiary/aromatic N) is 2. The Balaban J connectivity index is 1.10. The molecule has 3 nitrogen and oxygen atoms in total. The van der Waals surface area contributed by atoms with Gasteiger partial charge in [0.2, 0.25) is 0 Å². The van der Waals surface area contributed by atoms with Crippen molar-refractivity contribution in [2.45, 2.75) is 84.0 Å². The molecule has 11 aromatic carbocycles. The third-order valence-electron chi connectivity index (χ3n) is 18.0. The average molecular weight is 1090 g/mol. The van der Waals surface area contributed by atoms with Gasteiger partial charge in [0, 0.05) is 64.8 Å². The maximum atomic E-state index is 7.48. The van der Waals surface area contributed by atoms with Crippen molar-refractivity contribution < 1.29 is 4.42 Å². The van der Waals surface area contributed by atoms with Gasteiger partial charge in [0.05, 0.1) is 16.8 Å². The Hall–Kier alpha value is -8.96. The smallest absolute Gasteiger partial charge is 0.160 e. The van der Waals surface area contributed by atoms with Gasteiger partial charge in [0.15, 0.2) is 5.58 Å². The molecule has 0 amide bonds. The van der Waals surface area contributed by atoms with Crippen LogP contribution in [0.1, 0.15) is 101 Å². The number of hydrogen-bond acceptors (Lipinski definition) is 4. The van der Waals surface area contributed by atoms with Gasteiger partial charge in [0.25, 0.3) is 0 Å². The second-order valence-electron chi connectivity index (χ2n) is 26.1. The topological polar surface area (TPSA) is 19.6 Å². The fourth-order valence-corrected chi connectivity index (χ4v) is 15.1. The Labute approximate surface area is 491 Å². The maximum Gasteiger partial charge on any atom is 0.160 e. The Morgan fingerprint density at radius 1 is 0.361 bits per heavy atom. The molecule has 2 aromatic heterocycles. The minimum atomic E-state index is -0.755. The first kappa shape index (κ1) is 51.0. The molecule has 404 valence electrons. The monoisotopic (exact) mass is 1090 g/mol. The van der Waals surface area contributed by atoms with Crippen molar-refractivity contribution in [3.8, 4) is 33.4 Å². The van der Waals surface area contributed by atoms with Crippen LogP contribution in [0.2, 0.25) is 0 Å². The molecule has 4 heteroatoms. The molecular weight excluding hydrogens is 1020 g/mol. The molecule has 2 heterocycles.